The minimum Gasteiger partial charge on any atom is -0.481 e. The second-order valence-corrected chi connectivity index (χ2v) is 3.14. The molecular formula is C7H10O6. The molecule has 0 saturated carbocycles. The van der Waals surface area contributed by atoms with Crippen LogP contribution in [0, 0.1) is 11.3 Å². The van der Waals surface area contributed by atoms with E-state index in [9.17, 15) is 14.4 Å². The van der Waals surface area contributed by atoms with Crippen molar-refractivity contribution in [3.63, 3.8) is 0 Å². The molecule has 0 atom stereocenters. The van der Waals surface area contributed by atoms with Crippen LogP contribution in [0.15, 0.2) is 0 Å². The third-order valence-electron chi connectivity index (χ3n) is 1.77. The summed E-state index contributed by atoms with van der Waals surface area (Å²) >= 11 is 0. The Labute approximate surface area is 73.8 Å². The van der Waals surface area contributed by atoms with Gasteiger partial charge < -0.3 is 15.3 Å². The lowest BCUT2D eigenvalue weighted by Gasteiger charge is -2.23. The zero-order valence-corrected chi connectivity index (χ0v) is 7.14. The highest BCUT2D eigenvalue weighted by molar-refractivity contribution is 5.98. The van der Waals surface area contributed by atoms with Crippen molar-refractivity contribution in [1.29, 1.82) is 0 Å². The van der Waals surface area contributed by atoms with E-state index in [-0.39, 0.29) is 0 Å². The molecule has 0 aromatic heterocycles. The molecule has 0 aromatic carbocycles. The van der Waals surface area contributed by atoms with Crippen LogP contribution in [0.4, 0.5) is 0 Å². The first kappa shape index (κ1) is 11.4. The first-order valence-corrected chi connectivity index (χ1v) is 3.40. The van der Waals surface area contributed by atoms with Crippen molar-refractivity contribution in [2.45, 2.75) is 13.8 Å². The van der Waals surface area contributed by atoms with Crippen LogP contribution in [0.3, 0.4) is 0 Å². The Morgan fingerprint density at radius 1 is 1.00 bits per heavy atom. The summed E-state index contributed by atoms with van der Waals surface area (Å²) in [6.07, 6.45) is 0. The van der Waals surface area contributed by atoms with Crippen LogP contribution in [0.1, 0.15) is 13.8 Å². The highest BCUT2D eigenvalue weighted by atomic mass is 16.4. The molecule has 0 saturated heterocycles. The lowest BCUT2D eigenvalue weighted by atomic mass is 9.79. The van der Waals surface area contributed by atoms with Crippen molar-refractivity contribution in [1.82, 2.24) is 0 Å². The molecule has 3 N–H and O–H groups in total. The molecule has 6 nitrogen and oxygen atoms in total. The Bertz CT molecular complexity index is 240. The van der Waals surface area contributed by atoms with E-state index in [1.807, 2.05) is 0 Å². The van der Waals surface area contributed by atoms with E-state index in [0.29, 0.717) is 0 Å². The maximum absolute atomic E-state index is 10.5. The molecule has 0 aliphatic heterocycles. The molecule has 0 aliphatic carbocycles. The molecule has 0 unspecified atom stereocenters. The summed E-state index contributed by atoms with van der Waals surface area (Å²) in [5.41, 5.74) is -1.82. The summed E-state index contributed by atoms with van der Waals surface area (Å²) in [7, 11) is 0. The topological polar surface area (TPSA) is 112 Å². The zero-order chi connectivity index (χ0) is 10.8. The summed E-state index contributed by atoms with van der Waals surface area (Å²) in [6.45, 7) is 2.12. The maximum Gasteiger partial charge on any atom is 0.319 e. The quantitative estimate of drug-likeness (QED) is 0.533. The van der Waals surface area contributed by atoms with E-state index in [0.717, 1.165) is 13.8 Å². The molecule has 0 radical (unpaired) electrons. The molecule has 0 rings (SSSR count). The smallest absolute Gasteiger partial charge is 0.319 e. The van der Waals surface area contributed by atoms with Gasteiger partial charge in [0.2, 0.25) is 0 Å². The van der Waals surface area contributed by atoms with E-state index in [2.05, 4.69) is 0 Å². The van der Waals surface area contributed by atoms with Gasteiger partial charge in [0.1, 0.15) is 0 Å². The number of rotatable bonds is 4. The molecule has 0 spiro atoms. The predicted molar refractivity (Wildman–Crippen MR) is 40.2 cm³/mol. The normalized spacial score (nSPS) is 11.3. The van der Waals surface area contributed by atoms with Gasteiger partial charge in [0.05, 0.1) is 5.41 Å². The lowest BCUT2D eigenvalue weighted by Crippen LogP contribution is -2.42. The van der Waals surface area contributed by atoms with Gasteiger partial charge in [-0.1, -0.05) is 0 Å². The fourth-order valence-electron chi connectivity index (χ4n) is 0.846. The first-order chi connectivity index (χ1) is 5.71. The van der Waals surface area contributed by atoms with E-state index in [4.69, 9.17) is 15.3 Å². The monoisotopic (exact) mass is 190 g/mol. The fourth-order valence-corrected chi connectivity index (χ4v) is 0.846. The fraction of sp³-hybridized carbons (Fsp3) is 0.571. The summed E-state index contributed by atoms with van der Waals surface area (Å²) < 4.78 is 0. The third kappa shape index (κ3) is 2.17. The van der Waals surface area contributed by atoms with Crippen molar-refractivity contribution in [2.24, 2.45) is 11.3 Å². The van der Waals surface area contributed by atoms with Crippen LogP contribution in [0.2, 0.25) is 0 Å². The lowest BCUT2D eigenvalue weighted by molar-refractivity contribution is -0.169. The van der Waals surface area contributed by atoms with Gasteiger partial charge in [-0.05, 0) is 13.8 Å². The van der Waals surface area contributed by atoms with Crippen LogP contribution < -0.4 is 0 Å². The van der Waals surface area contributed by atoms with Crippen molar-refractivity contribution in [2.75, 3.05) is 0 Å². The average molecular weight is 190 g/mol. The van der Waals surface area contributed by atoms with Crippen LogP contribution in [-0.4, -0.2) is 33.2 Å². The molecule has 0 aliphatic rings. The van der Waals surface area contributed by atoms with E-state index in [1.165, 1.54) is 0 Å². The van der Waals surface area contributed by atoms with Gasteiger partial charge in [0, 0.05) is 0 Å². The number of carbonyl (C=O) groups is 3. The standard InChI is InChI=1S/C7H10O6/c1-7(2,6(12)13)3(4(8)9)5(10)11/h3H,1-2H3,(H,8,9)(H,10,11)(H,12,13). The zero-order valence-electron chi connectivity index (χ0n) is 7.14. The van der Waals surface area contributed by atoms with Crippen LogP contribution in [0.5, 0.6) is 0 Å². The van der Waals surface area contributed by atoms with Crippen LogP contribution in [-0.2, 0) is 14.4 Å². The van der Waals surface area contributed by atoms with Gasteiger partial charge in [-0.2, -0.15) is 0 Å². The second kappa shape index (κ2) is 3.42. The molecule has 0 bridgehead atoms. The largest absolute Gasteiger partial charge is 0.481 e. The Kier molecular flexibility index (Phi) is 3.00. The van der Waals surface area contributed by atoms with Crippen molar-refractivity contribution in [3.8, 4) is 0 Å². The van der Waals surface area contributed by atoms with Gasteiger partial charge in [0.25, 0.3) is 0 Å². The first-order valence-electron chi connectivity index (χ1n) is 3.40. The van der Waals surface area contributed by atoms with Gasteiger partial charge in [-0.15, -0.1) is 0 Å². The molecular weight excluding hydrogens is 180 g/mol. The molecule has 0 heterocycles. The number of hydrogen-bond donors (Lipinski definition) is 3. The van der Waals surface area contributed by atoms with E-state index < -0.39 is 29.2 Å². The van der Waals surface area contributed by atoms with Crippen LogP contribution in [0.25, 0.3) is 0 Å². The minimum atomic E-state index is -1.94. The Morgan fingerprint density at radius 2 is 1.31 bits per heavy atom. The third-order valence-corrected chi connectivity index (χ3v) is 1.77. The Balaban J connectivity index is 5.06. The summed E-state index contributed by atoms with van der Waals surface area (Å²) in [5.74, 6) is -6.70. The average Bonchev–Trinajstić information content (AvgIpc) is 1.82. The van der Waals surface area contributed by atoms with E-state index >= 15 is 0 Å². The molecule has 0 fully saturated rings. The summed E-state index contributed by atoms with van der Waals surface area (Å²) in [4.78, 5) is 31.4. The SMILES string of the molecule is CC(C)(C(=O)O)C(C(=O)O)C(=O)O. The highest BCUT2D eigenvalue weighted by Crippen LogP contribution is 2.27. The van der Waals surface area contributed by atoms with Gasteiger partial charge in [-0.25, -0.2) is 0 Å². The minimum absolute atomic E-state index is 1.06. The van der Waals surface area contributed by atoms with Crippen molar-refractivity contribution < 1.29 is 29.7 Å². The maximum atomic E-state index is 10.5. The summed E-state index contributed by atoms with van der Waals surface area (Å²) in [5, 5.41) is 25.6. The van der Waals surface area contributed by atoms with Crippen LogP contribution >= 0.6 is 0 Å². The Morgan fingerprint density at radius 3 is 1.38 bits per heavy atom. The van der Waals surface area contributed by atoms with Gasteiger partial charge in [0.15, 0.2) is 5.92 Å². The van der Waals surface area contributed by atoms with Crippen molar-refractivity contribution in [3.05, 3.63) is 0 Å². The van der Waals surface area contributed by atoms with Gasteiger partial charge in [-0.3, -0.25) is 14.4 Å². The van der Waals surface area contributed by atoms with Crippen molar-refractivity contribution >= 4 is 17.9 Å². The molecule has 0 amide bonds. The molecule has 74 valence electrons. The Hall–Kier alpha value is -1.59. The predicted octanol–water partition coefficient (Wildman–Crippen LogP) is -0.117. The number of aliphatic carboxylic acids is 3. The van der Waals surface area contributed by atoms with E-state index in [1.54, 1.807) is 0 Å². The second-order valence-electron chi connectivity index (χ2n) is 3.14. The molecule has 13 heavy (non-hydrogen) atoms. The number of carboxylic acid groups (broad SMARTS) is 3. The summed E-state index contributed by atoms with van der Waals surface area (Å²) in [6, 6.07) is 0. The number of carboxylic acids is 3. The number of hydrogen-bond acceptors (Lipinski definition) is 3. The molecule has 6 heteroatoms. The van der Waals surface area contributed by atoms with Gasteiger partial charge >= 0.3 is 17.9 Å². The molecule has 0 aromatic rings. The highest BCUT2D eigenvalue weighted by Gasteiger charge is 2.46.